The van der Waals surface area contributed by atoms with Crippen LogP contribution in [0.2, 0.25) is 0 Å². The number of benzene rings is 1. The van der Waals surface area contributed by atoms with Crippen LogP contribution in [0.1, 0.15) is 43.6 Å². The van der Waals surface area contributed by atoms with E-state index in [0.717, 1.165) is 23.0 Å². The highest BCUT2D eigenvalue weighted by molar-refractivity contribution is 7.97. The largest absolute Gasteiger partial charge is 0.331 e. The van der Waals surface area contributed by atoms with E-state index in [1.165, 1.54) is 22.7 Å². The molecule has 1 N–H and O–H groups in total. The third-order valence-corrected chi connectivity index (χ3v) is 4.91. The predicted molar refractivity (Wildman–Crippen MR) is 79.6 cm³/mol. The van der Waals surface area contributed by atoms with Crippen LogP contribution in [0.5, 0.6) is 0 Å². The number of para-hydroxylation sites is 1. The number of rotatable bonds is 3. The average Bonchev–Trinajstić information content (AvgIpc) is 3.22. The van der Waals surface area contributed by atoms with Gasteiger partial charge in [0.1, 0.15) is 0 Å². The third-order valence-electron chi connectivity index (χ3n) is 3.95. The minimum atomic E-state index is -0.126. The van der Waals surface area contributed by atoms with Gasteiger partial charge in [0.25, 0.3) is 0 Å². The van der Waals surface area contributed by atoms with E-state index in [1.807, 2.05) is 12.1 Å². The van der Waals surface area contributed by atoms with E-state index in [4.69, 9.17) is 0 Å². The van der Waals surface area contributed by atoms with Gasteiger partial charge in [0.05, 0.1) is 11.0 Å². The summed E-state index contributed by atoms with van der Waals surface area (Å²) >= 11 is 1.11. The van der Waals surface area contributed by atoms with E-state index in [9.17, 15) is 9.59 Å². The molecule has 5 nitrogen and oxygen atoms in total. The minimum absolute atomic E-state index is 0.126. The van der Waals surface area contributed by atoms with E-state index in [0.29, 0.717) is 30.3 Å². The van der Waals surface area contributed by atoms with Gasteiger partial charge in [0.2, 0.25) is 11.8 Å². The summed E-state index contributed by atoms with van der Waals surface area (Å²) in [6.07, 6.45) is 3.97. The molecule has 2 heterocycles. The van der Waals surface area contributed by atoms with Gasteiger partial charge in [-0.25, -0.2) is 9.29 Å². The van der Waals surface area contributed by atoms with Crippen LogP contribution in [0.3, 0.4) is 0 Å². The maximum absolute atomic E-state index is 11.9. The molecule has 1 saturated heterocycles. The lowest BCUT2D eigenvalue weighted by Crippen LogP contribution is -2.34. The van der Waals surface area contributed by atoms with Crippen LogP contribution in [0.4, 0.5) is 0 Å². The topological polar surface area (TPSA) is 66.1 Å². The number of nitrogens with one attached hydrogen (secondary N) is 1. The highest BCUT2D eigenvalue weighted by Gasteiger charge is 2.29. The number of hydrogen-bond acceptors (Lipinski definition) is 4. The number of imide groups is 1. The van der Waals surface area contributed by atoms with Gasteiger partial charge in [0.15, 0.2) is 5.16 Å². The number of imidazole rings is 1. The molecule has 0 bridgehead atoms. The van der Waals surface area contributed by atoms with Gasteiger partial charge < -0.3 is 4.98 Å². The zero-order valence-corrected chi connectivity index (χ0v) is 12.3. The molecule has 1 aliphatic heterocycles. The van der Waals surface area contributed by atoms with Crippen LogP contribution >= 0.6 is 11.9 Å². The number of hydrogen-bond donors (Lipinski definition) is 1. The maximum Gasteiger partial charge on any atom is 0.239 e. The fraction of sp³-hybridized carbons (Fsp3) is 0.400. The van der Waals surface area contributed by atoms with Crippen molar-refractivity contribution in [1.29, 1.82) is 0 Å². The van der Waals surface area contributed by atoms with Gasteiger partial charge in [-0.2, -0.15) is 0 Å². The first-order valence-electron chi connectivity index (χ1n) is 7.25. The Kier molecular flexibility index (Phi) is 2.99. The Labute approximate surface area is 126 Å². The van der Waals surface area contributed by atoms with Gasteiger partial charge in [-0.3, -0.25) is 9.59 Å². The summed E-state index contributed by atoms with van der Waals surface area (Å²) in [5.74, 6) is 0.367. The van der Waals surface area contributed by atoms with Gasteiger partial charge in [-0.05, 0) is 36.8 Å². The van der Waals surface area contributed by atoms with E-state index in [1.54, 1.807) is 0 Å². The molecule has 21 heavy (non-hydrogen) atoms. The smallest absolute Gasteiger partial charge is 0.239 e. The van der Waals surface area contributed by atoms with Crippen LogP contribution in [-0.2, 0) is 9.59 Å². The number of amides is 2. The fourth-order valence-corrected chi connectivity index (χ4v) is 3.57. The summed E-state index contributed by atoms with van der Waals surface area (Å²) in [7, 11) is 0. The summed E-state index contributed by atoms with van der Waals surface area (Å²) < 4.78 is 1.25. The summed E-state index contributed by atoms with van der Waals surface area (Å²) in [5.41, 5.74) is 3.21. The normalized spacial score (nSPS) is 19.5. The van der Waals surface area contributed by atoms with E-state index >= 15 is 0 Å². The zero-order valence-electron chi connectivity index (χ0n) is 11.5. The molecule has 2 aliphatic rings. The maximum atomic E-state index is 11.9. The van der Waals surface area contributed by atoms with Crippen LogP contribution in [0.25, 0.3) is 11.0 Å². The van der Waals surface area contributed by atoms with Crippen LogP contribution in [0.15, 0.2) is 23.4 Å². The monoisotopic (exact) mass is 301 g/mol. The molecule has 0 spiro atoms. The van der Waals surface area contributed by atoms with Crippen molar-refractivity contribution in [3.8, 4) is 0 Å². The van der Waals surface area contributed by atoms with Crippen molar-refractivity contribution in [2.24, 2.45) is 0 Å². The van der Waals surface area contributed by atoms with Gasteiger partial charge in [-0.15, -0.1) is 0 Å². The first kappa shape index (κ1) is 12.9. The molecule has 108 valence electrons. The molecule has 4 rings (SSSR count). The molecule has 2 aromatic rings. The van der Waals surface area contributed by atoms with Gasteiger partial charge in [0, 0.05) is 24.8 Å². The van der Waals surface area contributed by atoms with Crippen molar-refractivity contribution in [3.63, 3.8) is 0 Å². The molecule has 1 aromatic carbocycles. The standard InChI is InChI=1S/C15H15N3O2S/c19-12-5-2-6-13(20)18(12)21-15-16-11-4-1-3-10(9-7-8-9)14(11)17-15/h1,3-4,9H,2,5-8H2,(H,16,17). The van der Waals surface area contributed by atoms with Crippen molar-refractivity contribution in [1.82, 2.24) is 14.3 Å². The number of carbonyl (C=O) groups is 2. The van der Waals surface area contributed by atoms with Crippen molar-refractivity contribution < 1.29 is 9.59 Å². The molecular formula is C15H15N3O2S. The van der Waals surface area contributed by atoms with Crippen LogP contribution in [-0.4, -0.2) is 26.1 Å². The molecule has 0 unspecified atom stereocenters. The number of aromatic nitrogens is 2. The van der Waals surface area contributed by atoms with Crippen molar-refractivity contribution in [3.05, 3.63) is 23.8 Å². The van der Waals surface area contributed by atoms with Crippen molar-refractivity contribution >= 4 is 34.8 Å². The number of fused-ring (bicyclic) bond motifs is 1. The zero-order chi connectivity index (χ0) is 14.4. The molecule has 0 radical (unpaired) electrons. The Morgan fingerprint density at radius 2 is 1.95 bits per heavy atom. The summed E-state index contributed by atoms with van der Waals surface area (Å²) in [6.45, 7) is 0. The molecule has 2 amide bonds. The first-order valence-corrected chi connectivity index (χ1v) is 8.02. The Hall–Kier alpha value is -1.82. The first-order chi connectivity index (χ1) is 10.2. The Morgan fingerprint density at radius 1 is 1.19 bits per heavy atom. The molecule has 2 fully saturated rings. The quantitative estimate of drug-likeness (QED) is 0.699. The van der Waals surface area contributed by atoms with Gasteiger partial charge >= 0.3 is 0 Å². The number of nitrogens with zero attached hydrogens (tertiary/aromatic N) is 2. The molecule has 0 atom stereocenters. The van der Waals surface area contributed by atoms with E-state index in [-0.39, 0.29) is 11.8 Å². The van der Waals surface area contributed by atoms with Crippen molar-refractivity contribution in [2.45, 2.75) is 43.2 Å². The molecule has 1 aliphatic carbocycles. The predicted octanol–water partition coefficient (Wildman–Crippen LogP) is 2.99. The molecule has 6 heteroatoms. The SMILES string of the molecule is O=C1CCCC(=O)N1Sc1nc2c(C3CC3)cccc2[nH]1. The second-order valence-electron chi connectivity index (χ2n) is 5.59. The Morgan fingerprint density at radius 3 is 2.67 bits per heavy atom. The molecule has 1 saturated carbocycles. The van der Waals surface area contributed by atoms with E-state index in [2.05, 4.69) is 16.0 Å². The molecule has 1 aromatic heterocycles. The number of carbonyl (C=O) groups excluding carboxylic acids is 2. The van der Waals surface area contributed by atoms with E-state index < -0.39 is 0 Å². The lowest BCUT2D eigenvalue weighted by atomic mass is 10.1. The highest BCUT2D eigenvalue weighted by atomic mass is 32.2. The second kappa shape index (κ2) is 4.87. The summed E-state index contributed by atoms with van der Waals surface area (Å²) in [4.78, 5) is 31.5. The molecular weight excluding hydrogens is 286 g/mol. The minimum Gasteiger partial charge on any atom is -0.331 e. The Balaban J connectivity index is 1.66. The van der Waals surface area contributed by atoms with Gasteiger partial charge in [-0.1, -0.05) is 12.1 Å². The lowest BCUT2D eigenvalue weighted by Gasteiger charge is -2.21. The number of aromatic amines is 1. The third kappa shape index (κ3) is 2.33. The fourth-order valence-electron chi connectivity index (χ4n) is 2.72. The average molecular weight is 301 g/mol. The summed E-state index contributed by atoms with van der Waals surface area (Å²) in [6, 6.07) is 6.13. The van der Waals surface area contributed by atoms with Crippen LogP contribution < -0.4 is 0 Å². The lowest BCUT2D eigenvalue weighted by molar-refractivity contribution is -0.140. The summed E-state index contributed by atoms with van der Waals surface area (Å²) in [5, 5.41) is 0.613. The number of H-pyrrole nitrogens is 1. The van der Waals surface area contributed by atoms with Crippen LogP contribution in [0, 0.1) is 0 Å². The number of piperidine rings is 1. The second-order valence-corrected chi connectivity index (χ2v) is 6.52. The Bertz CT molecular complexity index is 720. The van der Waals surface area contributed by atoms with Crippen molar-refractivity contribution in [2.75, 3.05) is 0 Å². The highest BCUT2D eigenvalue weighted by Crippen LogP contribution is 2.43.